The van der Waals surface area contributed by atoms with Gasteiger partial charge in [-0.05, 0) is 36.8 Å². The average molecular weight is 352 g/mol. The van der Waals surface area contributed by atoms with Crippen molar-refractivity contribution in [3.63, 3.8) is 0 Å². The lowest BCUT2D eigenvalue weighted by molar-refractivity contribution is 0.0595. The third-order valence-corrected chi connectivity index (χ3v) is 3.85. The highest BCUT2D eigenvalue weighted by Crippen LogP contribution is 2.26. The predicted molar refractivity (Wildman–Crippen MR) is 83.9 cm³/mol. The number of ether oxygens (including phenoxy) is 1. The number of carbonyl (C=O) groups excluding carboxylic acids is 1. The number of methoxy groups -OCH3 is 1. The largest absolute Gasteiger partial charge is 0.465 e. The van der Waals surface area contributed by atoms with Gasteiger partial charge in [-0.1, -0.05) is 34.1 Å². The van der Waals surface area contributed by atoms with Crippen molar-refractivity contribution in [2.75, 3.05) is 12.4 Å². The van der Waals surface area contributed by atoms with Crippen LogP contribution in [0, 0.1) is 5.82 Å². The Morgan fingerprint density at radius 1 is 1.29 bits per heavy atom. The van der Waals surface area contributed by atoms with Gasteiger partial charge in [0.2, 0.25) is 0 Å². The normalized spacial score (nSPS) is 11.8. The Labute approximate surface area is 131 Å². The molecule has 0 radical (unpaired) electrons. The van der Waals surface area contributed by atoms with E-state index in [1.54, 1.807) is 6.07 Å². The van der Waals surface area contributed by atoms with Crippen molar-refractivity contribution in [3.05, 3.63) is 63.9 Å². The summed E-state index contributed by atoms with van der Waals surface area (Å²) < 4.78 is 19.1. The summed E-state index contributed by atoms with van der Waals surface area (Å²) >= 11 is 3.50. The highest BCUT2D eigenvalue weighted by atomic mass is 79.9. The maximum absolute atomic E-state index is 13.6. The summed E-state index contributed by atoms with van der Waals surface area (Å²) in [4.78, 5) is 11.5. The van der Waals surface area contributed by atoms with Crippen molar-refractivity contribution < 1.29 is 13.9 Å². The Hall–Kier alpha value is -1.88. The number of rotatable bonds is 4. The van der Waals surface area contributed by atoms with Crippen molar-refractivity contribution in [1.82, 2.24) is 0 Å². The summed E-state index contributed by atoms with van der Waals surface area (Å²) in [5, 5.41) is 3.24. The van der Waals surface area contributed by atoms with Gasteiger partial charge in [-0.15, -0.1) is 0 Å². The van der Waals surface area contributed by atoms with Gasteiger partial charge < -0.3 is 10.1 Å². The Bertz CT molecular complexity index is 660. The molecule has 0 aliphatic heterocycles. The van der Waals surface area contributed by atoms with E-state index in [4.69, 9.17) is 0 Å². The monoisotopic (exact) mass is 351 g/mol. The molecular weight excluding hydrogens is 337 g/mol. The first kappa shape index (κ1) is 15.5. The molecule has 0 saturated carbocycles. The Kier molecular flexibility index (Phi) is 4.96. The molecule has 21 heavy (non-hydrogen) atoms. The van der Waals surface area contributed by atoms with Crippen LogP contribution in [0.3, 0.4) is 0 Å². The molecule has 5 heteroatoms. The lowest BCUT2D eigenvalue weighted by atomic mass is 10.1. The van der Waals surface area contributed by atoms with E-state index < -0.39 is 11.8 Å². The number of carbonyl (C=O) groups is 1. The topological polar surface area (TPSA) is 38.3 Å². The van der Waals surface area contributed by atoms with Gasteiger partial charge in [0.1, 0.15) is 5.82 Å². The van der Waals surface area contributed by atoms with E-state index in [-0.39, 0.29) is 11.6 Å². The van der Waals surface area contributed by atoms with E-state index >= 15 is 0 Å². The number of hydrogen-bond donors (Lipinski definition) is 1. The summed E-state index contributed by atoms with van der Waals surface area (Å²) in [6.45, 7) is 1.99. The van der Waals surface area contributed by atoms with Crippen LogP contribution >= 0.6 is 15.9 Å². The lowest BCUT2D eigenvalue weighted by Gasteiger charge is -2.17. The number of hydrogen-bond acceptors (Lipinski definition) is 3. The third kappa shape index (κ3) is 3.61. The SMILES string of the molecule is COC(=O)c1cc(NC(C)c2ccccc2Br)ccc1F. The quantitative estimate of drug-likeness (QED) is 0.821. The van der Waals surface area contributed by atoms with Gasteiger partial charge in [-0.3, -0.25) is 0 Å². The number of halogens is 2. The zero-order valence-electron chi connectivity index (χ0n) is 11.7. The molecule has 0 heterocycles. The molecule has 1 N–H and O–H groups in total. The summed E-state index contributed by atoms with van der Waals surface area (Å²) in [6, 6.07) is 12.1. The van der Waals surface area contributed by atoms with E-state index in [9.17, 15) is 9.18 Å². The number of anilines is 1. The smallest absolute Gasteiger partial charge is 0.340 e. The minimum atomic E-state index is -0.690. The van der Waals surface area contributed by atoms with Crippen LogP contribution in [0.5, 0.6) is 0 Å². The maximum atomic E-state index is 13.6. The second-order valence-corrected chi connectivity index (χ2v) is 5.43. The minimum Gasteiger partial charge on any atom is -0.465 e. The Morgan fingerprint density at radius 3 is 2.67 bits per heavy atom. The van der Waals surface area contributed by atoms with Crippen LogP contribution in [-0.4, -0.2) is 13.1 Å². The van der Waals surface area contributed by atoms with Crippen LogP contribution < -0.4 is 5.32 Å². The highest BCUT2D eigenvalue weighted by molar-refractivity contribution is 9.10. The van der Waals surface area contributed by atoms with E-state index in [1.165, 1.54) is 19.2 Å². The molecule has 110 valence electrons. The van der Waals surface area contributed by atoms with Crippen molar-refractivity contribution >= 4 is 27.6 Å². The van der Waals surface area contributed by atoms with Crippen molar-refractivity contribution in [2.45, 2.75) is 13.0 Å². The molecular formula is C16H15BrFNO2. The first-order valence-electron chi connectivity index (χ1n) is 6.41. The van der Waals surface area contributed by atoms with Crippen LogP contribution in [0.1, 0.15) is 28.9 Å². The van der Waals surface area contributed by atoms with Gasteiger partial charge in [-0.25, -0.2) is 9.18 Å². The molecule has 0 aliphatic rings. The van der Waals surface area contributed by atoms with Gasteiger partial charge in [0.05, 0.1) is 12.7 Å². The molecule has 2 rings (SSSR count). The number of nitrogens with one attached hydrogen (secondary N) is 1. The van der Waals surface area contributed by atoms with Crippen LogP contribution in [0.4, 0.5) is 10.1 Å². The molecule has 0 saturated heterocycles. The summed E-state index contributed by atoms with van der Waals surface area (Å²) in [5.41, 5.74) is 1.64. The van der Waals surface area contributed by atoms with Crippen molar-refractivity contribution in [3.8, 4) is 0 Å². The van der Waals surface area contributed by atoms with Crippen LogP contribution in [0.15, 0.2) is 46.9 Å². The first-order chi connectivity index (χ1) is 10.0. The van der Waals surface area contributed by atoms with Gasteiger partial charge in [-0.2, -0.15) is 0 Å². The van der Waals surface area contributed by atoms with E-state index in [1.807, 2.05) is 31.2 Å². The summed E-state index contributed by atoms with van der Waals surface area (Å²) in [5.74, 6) is -1.29. The molecule has 0 amide bonds. The van der Waals surface area contributed by atoms with Crippen LogP contribution in [-0.2, 0) is 4.74 Å². The molecule has 1 unspecified atom stereocenters. The molecule has 2 aromatic rings. The lowest BCUT2D eigenvalue weighted by Crippen LogP contribution is -2.10. The Balaban J connectivity index is 2.24. The van der Waals surface area contributed by atoms with Gasteiger partial charge in [0, 0.05) is 16.2 Å². The molecule has 3 nitrogen and oxygen atoms in total. The zero-order chi connectivity index (χ0) is 15.4. The second-order valence-electron chi connectivity index (χ2n) is 4.57. The van der Waals surface area contributed by atoms with Gasteiger partial charge in [0.25, 0.3) is 0 Å². The first-order valence-corrected chi connectivity index (χ1v) is 7.21. The maximum Gasteiger partial charge on any atom is 0.340 e. The molecule has 0 aliphatic carbocycles. The summed E-state index contributed by atoms with van der Waals surface area (Å²) in [7, 11) is 1.23. The van der Waals surface area contributed by atoms with Crippen LogP contribution in [0.25, 0.3) is 0 Å². The van der Waals surface area contributed by atoms with Crippen LogP contribution in [0.2, 0.25) is 0 Å². The molecule has 0 bridgehead atoms. The van der Waals surface area contributed by atoms with Gasteiger partial charge >= 0.3 is 5.97 Å². The minimum absolute atomic E-state index is 0.00321. The standard InChI is InChI=1S/C16H15BrFNO2/c1-10(12-5-3-4-6-14(12)17)19-11-7-8-15(18)13(9-11)16(20)21-2/h3-10,19H,1-2H3. The molecule has 0 fully saturated rings. The zero-order valence-corrected chi connectivity index (χ0v) is 13.3. The van der Waals surface area contributed by atoms with E-state index in [0.29, 0.717) is 5.69 Å². The molecule has 1 atom stereocenters. The van der Waals surface area contributed by atoms with Crippen molar-refractivity contribution in [2.24, 2.45) is 0 Å². The van der Waals surface area contributed by atoms with E-state index in [2.05, 4.69) is 26.0 Å². The third-order valence-electron chi connectivity index (χ3n) is 3.13. The fourth-order valence-corrected chi connectivity index (χ4v) is 2.66. The van der Waals surface area contributed by atoms with Gasteiger partial charge in [0.15, 0.2) is 0 Å². The second kappa shape index (κ2) is 6.72. The average Bonchev–Trinajstić information content (AvgIpc) is 2.48. The van der Waals surface area contributed by atoms with E-state index in [0.717, 1.165) is 10.0 Å². The Morgan fingerprint density at radius 2 is 2.00 bits per heavy atom. The molecule has 2 aromatic carbocycles. The number of esters is 1. The highest BCUT2D eigenvalue weighted by Gasteiger charge is 2.14. The molecule has 0 aromatic heterocycles. The molecule has 0 spiro atoms. The van der Waals surface area contributed by atoms with Crippen molar-refractivity contribution in [1.29, 1.82) is 0 Å². The predicted octanol–water partition coefficient (Wildman–Crippen LogP) is 4.55. The fourth-order valence-electron chi connectivity index (χ4n) is 2.04. The number of benzene rings is 2. The summed E-state index contributed by atoms with van der Waals surface area (Å²) in [6.07, 6.45) is 0. The fraction of sp³-hybridized carbons (Fsp3) is 0.188.